The van der Waals surface area contributed by atoms with Gasteiger partial charge in [-0.25, -0.2) is 14.2 Å². The van der Waals surface area contributed by atoms with Crippen molar-refractivity contribution in [3.05, 3.63) is 35.6 Å². The fourth-order valence-electron chi connectivity index (χ4n) is 3.49. The summed E-state index contributed by atoms with van der Waals surface area (Å²) >= 11 is 1.57. The lowest BCUT2D eigenvalue weighted by Gasteiger charge is -2.40. The second-order valence-electron chi connectivity index (χ2n) is 7.13. The van der Waals surface area contributed by atoms with E-state index in [2.05, 4.69) is 0 Å². The molecule has 4 atom stereocenters. The third-order valence-corrected chi connectivity index (χ3v) is 5.70. The molecule has 0 unspecified atom stereocenters. The van der Waals surface area contributed by atoms with Crippen molar-refractivity contribution in [3.63, 3.8) is 0 Å². The van der Waals surface area contributed by atoms with E-state index in [4.69, 9.17) is 26.8 Å². The molecule has 1 N–H and O–H groups in total. The summed E-state index contributed by atoms with van der Waals surface area (Å²) in [5.74, 6) is -0.497. The number of hydrogen-bond donors (Lipinski definition) is 1. The van der Waals surface area contributed by atoms with Gasteiger partial charge in [-0.05, 0) is 55.2 Å². The van der Waals surface area contributed by atoms with Crippen molar-refractivity contribution in [3.8, 4) is 0 Å². The van der Waals surface area contributed by atoms with Crippen molar-refractivity contribution in [2.24, 2.45) is 11.8 Å². The van der Waals surface area contributed by atoms with E-state index in [-0.39, 0.29) is 23.6 Å². The third kappa shape index (κ3) is 8.97. The molecule has 0 radical (unpaired) electrons. The summed E-state index contributed by atoms with van der Waals surface area (Å²) in [6.45, 7) is 5.64. The average Bonchev–Trinajstić information content (AvgIpc) is 2.75. The van der Waals surface area contributed by atoms with E-state index < -0.39 is 6.10 Å². The Kier molecular flexibility index (Phi) is 13.2. The lowest BCUT2D eigenvalue weighted by Crippen LogP contribution is -2.40. The molecule has 0 amide bonds. The molecule has 0 saturated heterocycles. The summed E-state index contributed by atoms with van der Waals surface area (Å²) in [6, 6.07) is 6.24. The Morgan fingerprint density at radius 2 is 1.53 bits per heavy atom. The van der Waals surface area contributed by atoms with Crippen LogP contribution in [0.2, 0.25) is 0 Å². The van der Waals surface area contributed by atoms with Gasteiger partial charge < -0.3 is 5.11 Å². The molecule has 1 aliphatic rings. The maximum atomic E-state index is 13.4. The average molecular weight is 467 g/mol. The van der Waals surface area contributed by atoms with E-state index in [1.807, 2.05) is 13.8 Å². The molecule has 1 aliphatic carbocycles. The Hall–Kier alpha value is -0.430. The topological polar surface area (TPSA) is 75.6 Å². The Morgan fingerprint density at radius 3 is 2.13 bits per heavy atom. The van der Waals surface area contributed by atoms with E-state index in [9.17, 15) is 9.50 Å². The molecule has 2 rings (SSSR count). The van der Waals surface area contributed by atoms with Crippen LogP contribution < -0.4 is 0 Å². The van der Waals surface area contributed by atoms with Crippen LogP contribution in [-0.2, 0) is 26.8 Å². The highest BCUT2D eigenvalue weighted by atomic mass is 32.2. The van der Waals surface area contributed by atoms with Gasteiger partial charge in [0.1, 0.15) is 5.82 Å². The molecule has 0 bridgehead atoms. The highest BCUT2D eigenvalue weighted by Crippen LogP contribution is 2.43. The van der Waals surface area contributed by atoms with E-state index >= 15 is 0 Å². The van der Waals surface area contributed by atoms with Crippen molar-refractivity contribution in [2.45, 2.75) is 51.6 Å². The minimum atomic E-state index is -0.556. The Balaban J connectivity index is 1.97. The van der Waals surface area contributed by atoms with Gasteiger partial charge in [0.15, 0.2) is 24.6 Å². The van der Waals surface area contributed by atoms with Crippen molar-refractivity contribution < 1.29 is 36.3 Å². The fraction of sp³-hybridized carbons (Fsp3) is 0.700. The Labute approximate surface area is 186 Å². The molecule has 172 valence electrons. The maximum Gasteiger partial charge on any atom is 0.194 e. The second-order valence-corrected chi connectivity index (χ2v) is 8.15. The zero-order valence-corrected chi connectivity index (χ0v) is 19.0. The SMILES string of the molecule is CCCOOSOC[C@H]1CC[C@H](O)[C@@H](c2ccc(F)cc2)[C@@H]1COSOOCCC. The Bertz CT molecular complexity index is 567. The lowest BCUT2D eigenvalue weighted by atomic mass is 9.68. The van der Waals surface area contributed by atoms with Gasteiger partial charge in [0.25, 0.3) is 0 Å². The standard InChI is InChI=1S/C20H31FO7S2/c1-3-11-23-27-29-25-13-16-7-10-19(22)20(15-5-8-17(21)9-6-15)18(16)14-26-30-28-24-12-4-2/h5-6,8-9,16,18-20,22H,3-4,7,10-14H2,1-2H3/t16-,18-,19+,20+/m1/s1. The third-order valence-electron chi connectivity index (χ3n) is 4.93. The molecule has 10 heteroatoms. The fourth-order valence-corrected chi connectivity index (χ4v) is 4.23. The van der Waals surface area contributed by atoms with Crippen molar-refractivity contribution >= 4 is 24.6 Å². The van der Waals surface area contributed by atoms with Gasteiger partial charge in [0, 0.05) is 5.92 Å². The molecule has 0 aliphatic heterocycles. The first kappa shape index (κ1) is 25.8. The van der Waals surface area contributed by atoms with Crippen LogP contribution in [0.5, 0.6) is 0 Å². The first-order chi connectivity index (χ1) is 14.7. The molecule has 7 nitrogen and oxygen atoms in total. The van der Waals surface area contributed by atoms with Gasteiger partial charge in [0.05, 0.1) is 32.5 Å². The van der Waals surface area contributed by atoms with Gasteiger partial charge in [-0.3, -0.25) is 8.37 Å². The molecule has 1 fully saturated rings. The summed E-state index contributed by atoms with van der Waals surface area (Å²) in [5, 5.41) is 10.7. The van der Waals surface area contributed by atoms with Crippen molar-refractivity contribution in [2.75, 3.05) is 26.4 Å². The van der Waals surface area contributed by atoms with E-state index in [0.717, 1.165) is 49.5 Å². The van der Waals surface area contributed by atoms with Crippen LogP contribution in [0.1, 0.15) is 51.0 Å². The number of hydrogen-bond acceptors (Lipinski definition) is 9. The molecule has 1 saturated carbocycles. The molecule has 30 heavy (non-hydrogen) atoms. The number of aliphatic hydroxyl groups is 1. The van der Waals surface area contributed by atoms with Gasteiger partial charge in [-0.1, -0.05) is 26.0 Å². The maximum absolute atomic E-state index is 13.4. The summed E-state index contributed by atoms with van der Waals surface area (Å²) < 4.78 is 34.4. The van der Waals surface area contributed by atoms with Gasteiger partial charge in [0.2, 0.25) is 0 Å². The predicted octanol–water partition coefficient (Wildman–Crippen LogP) is 5.17. The second kappa shape index (κ2) is 15.4. The highest BCUT2D eigenvalue weighted by Gasteiger charge is 2.40. The minimum Gasteiger partial charge on any atom is -0.392 e. The summed E-state index contributed by atoms with van der Waals surface area (Å²) in [5.41, 5.74) is 0.866. The van der Waals surface area contributed by atoms with E-state index in [1.54, 1.807) is 12.1 Å². The normalized spacial score (nSPS) is 24.3. The molecule has 0 spiro atoms. The van der Waals surface area contributed by atoms with Crippen LogP contribution >= 0.6 is 24.6 Å². The smallest absolute Gasteiger partial charge is 0.194 e. The van der Waals surface area contributed by atoms with Crippen molar-refractivity contribution in [1.82, 2.24) is 0 Å². The predicted molar refractivity (Wildman–Crippen MR) is 113 cm³/mol. The van der Waals surface area contributed by atoms with Crippen molar-refractivity contribution in [1.29, 1.82) is 0 Å². The van der Waals surface area contributed by atoms with Crippen LogP contribution in [0, 0.1) is 17.7 Å². The molecule has 1 aromatic rings. The number of rotatable bonds is 15. The van der Waals surface area contributed by atoms with Gasteiger partial charge in [-0.2, -0.15) is 0 Å². The first-order valence-electron chi connectivity index (χ1n) is 10.3. The zero-order chi connectivity index (χ0) is 21.6. The molecular formula is C20H31FO7S2. The van der Waals surface area contributed by atoms with Crippen LogP contribution in [0.3, 0.4) is 0 Å². The molecule has 1 aromatic carbocycles. The van der Waals surface area contributed by atoms with Crippen LogP contribution in [-0.4, -0.2) is 37.6 Å². The van der Waals surface area contributed by atoms with Gasteiger partial charge in [-0.15, -0.1) is 8.67 Å². The largest absolute Gasteiger partial charge is 0.392 e. The Morgan fingerprint density at radius 1 is 0.933 bits per heavy atom. The number of benzene rings is 1. The minimum absolute atomic E-state index is 0.0707. The van der Waals surface area contributed by atoms with Crippen LogP contribution in [0.4, 0.5) is 4.39 Å². The van der Waals surface area contributed by atoms with E-state index in [1.165, 1.54) is 12.1 Å². The van der Waals surface area contributed by atoms with Gasteiger partial charge >= 0.3 is 0 Å². The summed E-state index contributed by atoms with van der Waals surface area (Å²) in [7, 11) is 0. The lowest BCUT2D eigenvalue weighted by molar-refractivity contribution is -0.197. The zero-order valence-electron chi connectivity index (χ0n) is 17.4. The first-order valence-corrected chi connectivity index (χ1v) is 11.6. The number of halogens is 1. The number of aliphatic hydroxyl groups excluding tert-OH is 1. The van der Waals surface area contributed by atoms with E-state index in [0.29, 0.717) is 32.8 Å². The highest BCUT2D eigenvalue weighted by molar-refractivity contribution is 7.89. The van der Waals surface area contributed by atoms with Crippen LogP contribution in [0.25, 0.3) is 0 Å². The monoisotopic (exact) mass is 466 g/mol. The molecule has 0 aromatic heterocycles. The summed E-state index contributed by atoms with van der Waals surface area (Å²) in [4.78, 5) is 9.88. The van der Waals surface area contributed by atoms with Crippen LogP contribution in [0.15, 0.2) is 24.3 Å². The quantitative estimate of drug-likeness (QED) is 0.163. The summed E-state index contributed by atoms with van der Waals surface area (Å²) in [6.07, 6.45) is 2.51. The molecular weight excluding hydrogens is 435 g/mol. The molecule has 0 heterocycles.